The molecule has 1 rings (SSSR count). The largest absolute Gasteiger partial charge is 0.468 e. The van der Waals surface area contributed by atoms with Crippen LogP contribution in [0.5, 0.6) is 0 Å². The minimum Gasteiger partial charge on any atom is -0.468 e. The highest BCUT2D eigenvalue weighted by Crippen LogP contribution is 2.01. The van der Waals surface area contributed by atoms with Gasteiger partial charge >= 0.3 is 5.97 Å². The number of carbonyl (C=O) groups is 2. The molecule has 0 atom stereocenters. The lowest BCUT2D eigenvalue weighted by molar-refractivity contribution is -0.141. The number of amides is 1. The van der Waals surface area contributed by atoms with Crippen LogP contribution in [0.15, 0.2) is 30.3 Å². The number of carbonyl (C=O) groups excluding carboxylic acids is 2. The molecule has 1 amide bonds. The summed E-state index contributed by atoms with van der Waals surface area (Å²) in [4.78, 5) is 22.1. The van der Waals surface area contributed by atoms with Gasteiger partial charge in [0.25, 0.3) is 0 Å². The molecule has 86 valence electrons. The monoisotopic (exact) mass is 221 g/mol. The van der Waals surface area contributed by atoms with Crippen LogP contribution in [0.3, 0.4) is 0 Å². The van der Waals surface area contributed by atoms with Gasteiger partial charge in [0, 0.05) is 6.42 Å². The zero-order chi connectivity index (χ0) is 11.8. The van der Waals surface area contributed by atoms with E-state index in [0.29, 0.717) is 12.8 Å². The van der Waals surface area contributed by atoms with Crippen LogP contribution >= 0.6 is 0 Å². The summed E-state index contributed by atoms with van der Waals surface area (Å²) in [5, 5.41) is 2.49. The van der Waals surface area contributed by atoms with Crippen LogP contribution in [0.1, 0.15) is 12.0 Å². The van der Waals surface area contributed by atoms with Gasteiger partial charge in [-0.15, -0.1) is 0 Å². The van der Waals surface area contributed by atoms with Gasteiger partial charge in [-0.2, -0.15) is 0 Å². The number of aryl methyl sites for hydroxylation is 1. The second-order valence-corrected chi connectivity index (χ2v) is 3.34. The second-order valence-electron chi connectivity index (χ2n) is 3.34. The standard InChI is InChI=1S/C12H15NO3/c1-16-12(15)9-13-11(14)8-7-10-5-3-2-4-6-10/h2-6H,7-9H2,1H3,(H,13,14). The number of ether oxygens (including phenoxy) is 1. The zero-order valence-corrected chi connectivity index (χ0v) is 9.23. The lowest BCUT2D eigenvalue weighted by atomic mass is 10.1. The average molecular weight is 221 g/mol. The maximum absolute atomic E-state index is 11.3. The van der Waals surface area contributed by atoms with Gasteiger partial charge < -0.3 is 10.1 Å². The quantitative estimate of drug-likeness (QED) is 0.752. The van der Waals surface area contributed by atoms with Crippen molar-refractivity contribution in [2.24, 2.45) is 0 Å². The summed E-state index contributed by atoms with van der Waals surface area (Å²) >= 11 is 0. The molecular weight excluding hydrogens is 206 g/mol. The van der Waals surface area contributed by atoms with Gasteiger partial charge in [-0.3, -0.25) is 9.59 Å². The van der Waals surface area contributed by atoms with Crippen LogP contribution in [0.25, 0.3) is 0 Å². The second kappa shape index (κ2) is 6.61. The lowest BCUT2D eigenvalue weighted by Gasteiger charge is -2.03. The Bertz CT molecular complexity index is 349. The van der Waals surface area contributed by atoms with Crippen molar-refractivity contribution >= 4 is 11.9 Å². The number of hydrogen-bond donors (Lipinski definition) is 1. The first kappa shape index (κ1) is 12.2. The van der Waals surface area contributed by atoms with Crippen molar-refractivity contribution in [3.63, 3.8) is 0 Å². The van der Waals surface area contributed by atoms with E-state index >= 15 is 0 Å². The molecule has 0 aromatic heterocycles. The van der Waals surface area contributed by atoms with Crippen LogP contribution in [0, 0.1) is 0 Å². The van der Waals surface area contributed by atoms with E-state index in [0.717, 1.165) is 5.56 Å². The molecule has 0 unspecified atom stereocenters. The Balaban J connectivity index is 2.23. The molecule has 0 radical (unpaired) electrons. The van der Waals surface area contributed by atoms with E-state index < -0.39 is 5.97 Å². The highest BCUT2D eigenvalue weighted by atomic mass is 16.5. The van der Waals surface area contributed by atoms with Gasteiger partial charge in [-0.25, -0.2) is 0 Å². The zero-order valence-electron chi connectivity index (χ0n) is 9.23. The molecule has 0 bridgehead atoms. The van der Waals surface area contributed by atoms with E-state index in [4.69, 9.17) is 0 Å². The van der Waals surface area contributed by atoms with E-state index in [-0.39, 0.29) is 12.5 Å². The van der Waals surface area contributed by atoms with Gasteiger partial charge in [0.1, 0.15) is 6.54 Å². The maximum atomic E-state index is 11.3. The Labute approximate surface area is 94.6 Å². The van der Waals surface area contributed by atoms with Crippen molar-refractivity contribution in [2.45, 2.75) is 12.8 Å². The van der Waals surface area contributed by atoms with Crippen molar-refractivity contribution < 1.29 is 14.3 Å². The molecule has 4 nitrogen and oxygen atoms in total. The van der Waals surface area contributed by atoms with Gasteiger partial charge in [0.15, 0.2) is 0 Å². The summed E-state index contributed by atoms with van der Waals surface area (Å²) in [5.74, 6) is -0.581. The molecule has 0 heterocycles. The summed E-state index contributed by atoms with van der Waals surface area (Å²) in [6.07, 6.45) is 1.05. The fourth-order valence-electron chi connectivity index (χ4n) is 1.23. The Morgan fingerprint density at radius 1 is 1.25 bits per heavy atom. The molecule has 1 aromatic rings. The molecule has 0 aliphatic carbocycles. The third-order valence-electron chi connectivity index (χ3n) is 2.14. The van der Waals surface area contributed by atoms with Crippen molar-refractivity contribution in [3.05, 3.63) is 35.9 Å². The maximum Gasteiger partial charge on any atom is 0.325 e. The van der Waals surface area contributed by atoms with Crippen molar-refractivity contribution in [1.82, 2.24) is 5.32 Å². The van der Waals surface area contributed by atoms with E-state index in [9.17, 15) is 9.59 Å². The minimum atomic E-state index is -0.437. The first-order chi connectivity index (χ1) is 7.72. The molecule has 0 aliphatic rings. The molecule has 1 aromatic carbocycles. The predicted octanol–water partition coefficient (Wildman–Crippen LogP) is 0.908. The third-order valence-corrected chi connectivity index (χ3v) is 2.14. The third kappa shape index (κ3) is 4.59. The van der Waals surface area contributed by atoms with E-state index in [2.05, 4.69) is 10.1 Å². The van der Waals surface area contributed by atoms with Crippen LogP contribution in [-0.2, 0) is 20.7 Å². The summed E-state index contributed by atoms with van der Waals surface area (Å²) in [6.45, 7) is -0.0654. The Hall–Kier alpha value is -1.84. The fraction of sp³-hybridized carbons (Fsp3) is 0.333. The molecular formula is C12H15NO3. The van der Waals surface area contributed by atoms with E-state index in [1.54, 1.807) is 0 Å². The smallest absolute Gasteiger partial charge is 0.325 e. The molecule has 0 aliphatic heterocycles. The number of nitrogens with one attached hydrogen (secondary N) is 1. The highest BCUT2D eigenvalue weighted by molar-refractivity contribution is 5.81. The SMILES string of the molecule is COC(=O)CNC(=O)CCc1ccccc1. The Kier molecular flexibility index (Phi) is 5.05. The summed E-state index contributed by atoms with van der Waals surface area (Å²) in [5.41, 5.74) is 1.11. The first-order valence-corrected chi connectivity index (χ1v) is 5.10. The number of benzene rings is 1. The fourth-order valence-corrected chi connectivity index (χ4v) is 1.23. The summed E-state index contributed by atoms with van der Waals surface area (Å²) in [7, 11) is 1.29. The summed E-state index contributed by atoms with van der Waals surface area (Å²) in [6, 6.07) is 9.73. The van der Waals surface area contributed by atoms with Crippen molar-refractivity contribution in [1.29, 1.82) is 0 Å². The van der Waals surface area contributed by atoms with E-state index in [1.165, 1.54) is 7.11 Å². The number of rotatable bonds is 5. The van der Waals surface area contributed by atoms with Crippen LogP contribution in [0.4, 0.5) is 0 Å². The molecule has 0 fully saturated rings. The molecule has 4 heteroatoms. The van der Waals surface area contributed by atoms with Crippen LogP contribution < -0.4 is 5.32 Å². The number of esters is 1. The normalized spacial score (nSPS) is 9.56. The van der Waals surface area contributed by atoms with Gasteiger partial charge in [0.05, 0.1) is 7.11 Å². The lowest BCUT2D eigenvalue weighted by Crippen LogP contribution is -2.30. The first-order valence-electron chi connectivity index (χ1n) is 5.10. The van der Waals surface area contributed by atoms with Gasteiger partial charge in [-0.1, -0.05) is 30.3 Å². The Morgan fingerprint density at radius 3 is 2.56 bits per heavy atom. The highest BCUT2D eigenvalue weighted by Gasteiger charge is 2.04. The number of hydrogen-bond acceptors (Lipinski definition) is 3. The van der Waals surface area contributed by atoms with Crippen LogP contribution in [-0.4, -0.2) is 25.5 Å². The van der Waals surface area contributed by atoms with Gasteiger partial charge in [0.2, 0.25) is 5.91 Å². The molecule has 1 N–H and O–H groups in total. The van der Waals surface area contributed by atoms with Crippen LogP contribution in [0.2, 0.25) is 0 Å². The molecule has 16 heavy (non-hydrogen) atoms. The minimum absolute atomic E-state index is 0.0654. The number of methoxy groups -OCH3 is 1. The Morgan fingerprint density at radius 2 is 1.94 bits per heavy atom. The van der Waals surface area contributed by atoms with E-state index in [1.807, 2.05) is 30.3 Å². The topological polar surface area (TPSA) is 55.4 Å². The van der Waals surface area contributed by atoms with Crippen molar-refractivity contribution in [2.75, 3.05) is 13.7 Å². The van der Waals surface area contributed by atoms with Crippen molar-refractivity contribution in [3.8, 4) is 0 Å². The van der Waals surface area contributed by atoms with Gasteiger partial charge in [-0.05, 0) is 12.0 Å². The molecule has 0 saturated carbocycles. The summed E-state index contributed by atoms with van der Waals surface area (Å²) < 4.78 is 4.41. The average Bonchev–Trinajstić information content (AvgIpc) is 2.34. The molecule has 0 saturated heterocycles. The predicted molar refractivity (Wildman–Crippen MR) is 59.8 cm³/mol. The molecule has 0 spiro atoms.